The number of allylic oxidation sites excluding steroid dienone is 1. The molecule has 1 aliphatic rings. The lowest BCUT2D eigenvalue weighted by molar-refractivity contribution is -0.135. The van der Waals surface area contributed by atoms with Crippen molar-refractivity contribution in [3.05, 3.63) is 36.1 Å². The van der Waals surface area contributed by atoms with Crippen molar-refractivity contribution < 1.29 is 23.8 Å². The second kappa shape index (κ2) is 9.32. The number of carbonyl (C=O) groups excluding carboxylic acids is 2. The van der Waals surface area contributed by atoms with Gasteiger partial charge < -0.3 is 19.1 Å². The number of benzene rings is 1. The zero-order chi connectivity index (χ0) is 17.4. The van der Waals surface area contributed by atoms with Gasteiger partial charge in [0, 0.05) is 13.1 Å². The van der Waals surface area contributed by atoms with Crippen LogP contribution in [-0.4, -0.2) is 42.5 Å². The molecule has 24 heavy (non-hydrogen) atoms. The van der Waals surface area contributed by atoms with Gasteiger partial charge in [-0.1, -0.05) is 28.1 Å². The summed E-state index contributed by atoms with van der Waals surface area (Å²) in [5.41, 5.74) is 0. The van der Waals surface area contributed by atoms with E-state index in [1.807, 2.05) is 0 Å². The highest BCUT2D eigenvalue weighted by Gasteiger charge is 2.20. The minimum absolute atomic E-state index is 0.310. The summed E-state index contributed by atoms with van der Waals surface area (Å²) < 4.78 is 15.7. The van der Waals surface area contributed by atoms with Crippen molar-refractivity contribution in [2.24, 2.45) is 0 Å². The fraction of sp³-hybridized carbons (Fsp3) is 0.412. The van der Waals surface area contributed by atoms with Crippen LogP contribution < -0.4 is 9.47 Å². The molecule has 6 nitrogen and oxygen atoms in total. The summed E-state index contributed by atoms with van der Waals surface area (Å²) in [7, 11) is 1.29. The van der Waals surface area contributed by atoms with Gasteiger partial charge in [-0.15, -0.1) is 0 Å². The van der Waals surface area contributed by atoms with Gasteiger partial charge >= 0.3 is 12.1 Å². The molecule has 1 aromatic carbocycles. The number of esters is 1. The largest absolute Gasteiger partial charge is 0.466 e. The fourth-order valence-electron chi connectivity index (χ4n) is 2.28. The SMILES string of the molecule is COC(=O)/C=C(\CBr)Oc1ccccc1OC(=O)N1CCCCC1. The Morgan fingerprint density at radius 3 is 2.33 bits per heavy atom. The zero-order valence-electron chi connectivity index (χ0n) is 13.5. The maximum Gasteiger partial charge on any atom is 0.415 e. The number of alkyl halides is 1. The van der Waals surface area contributed by atoms with Crippen LogP contribution >= 0.6 is 15.9 Å². The number of para-hydroxylation sites is 2. The minimum Gasteiger partial charge on any atom is -0.466 e. The third kappa shape index (κ3) is 5.26. The van der Waals surface area contributed by atoms with Crippen LogP contribution in [0.4, 0.5) is 4.79 Å². The summed E-state index contributed by atoms with van der Waals surface area (Å²) in [6.45, 7) is 1.41. The van der Waals surface area contributed by atoms with Crippen molar-refractivity contribution in [3.63, 3.8) is 0 Å². The van der Waals surface area contributed by atoms with E-state index in [0.717, 1.165) is 19.3 Å². The lowest BCUT2D eigenvalue weighted by Gasteiger charge is -2.26. The lowest BCUT2D eigenvalue weighted by Crippen LogP contribution is -2.37. The molecule has 7 heteroatoms. The molecular formula is C17H20BrNO5. The molecule has 0 unspecified atom stereocenters. The standard InChI is InChI=1S/C17H20BrNO5/c1-22-16(20)11-13(12-18)23-14-7-3-4-8-15(14)24-17(21)19-9-5-2-6-10-19/h3-4,7-8,11H,2,5-6,9-10,12H2,1H3/b13-11+. The van der Waals surface area contributed by atoms with Gasteiger partial charge in [-0.25, -0.2) is 9.59 Å². The molecule has 0 bridgehead atoms. The van der Waals surface area contributed by atoms with Crippen molar-refractivity contribution >= 4 is 28.0 Å². The number of methoxy groups -OCH3 is 1. The van der Waals surface area contributed by atoms with Crippen LogP contribution in [0.25, 0.3) is 0 Å². The molecule has 2 rings (SSSR count). The van der Waals surface area contributed by atoms with E-state index in [-0.39, 0.29) is 6.09 Å². The van der Waals surface area contributed by atoms with E-state index < -0.39 is 5.97 Å². The Bertz CT molecular complexity index is 611. The third-order valence-electron chi connectivity index (χ3n) is 3.51. The smallest absolute Gasteiger partial charge is 0.415 e. The van der Waals surface area contributed by atoms with E-state index in [4.69, 9.17) is 9.47 Å². The Morgan fingerprint density at radius 1 is 1.12 bits per heavy atom. The van der Waals surface area contributed by atoms with E-state index in [1.165, 1.54) is 13.2 Å². The summed E-state index contributed by atoms with van der Waals surface area (Å²) in [5, 5.41) is 0.316. The monoisotopic (exact) mass is 397 g/mol. The Kier molecular flexibility index (Phi) is 7.11. The Balaban J connectivity index is 2.10. The summed E-state index contributed by atoms with van der Waals surface area (Å²) in [5.74, 6) is 0.498. The molecule has 1 saturated heterocycles. The highest BCUT2D eigenvalue weighted by Crippen LogP contribution is 2.29. The first kappa shape index (κ1) is 18.3. The molecule has 0 spiro atoms. The second-order valence-corrected chi connectivity index (χ2v) is 5.79. The Labute approximate surface area is 149 Å². The Hall–Kier alpha value is -2.02. The van der Waals surface area contributed by atoms with E-state index in [9.17, 15) is 9.59 Å². The van der Waals surface area contributed by atoms with Crippen molar-refractivity contribution in [3.8, 4) is 11.5 Å². The number of piperidine rings is 1. The van der Waals surface area contributed by atoms with E-state index in [0.29, 0.717) is 35.7 Å². The first-order chi connectivity index (χ1) is 11.6. The predicted molar refractivity (Wildman–Crippen MR) is 92.4 cm³/mol. The first-order valence-corrected chi connectivity index (χ1v) is 8.84. The molecule has 0 aliphatic carbocycles. The molecule has 0 radical (unpaired) electrons. The van der Waals surface area contributed by atoms with Crippen LogP contribution in [0.3, 0.4) is 0 Å². The predicted octanol–water partition coefficient (Wildman–Crippen LogP) is 3.50. The third-order valence-corrected chi connectivity index (χ3v) is 4.07. The number of carbonyl (C=O) groups is 2. The van der Waals surface area contributed by atoms with Crippen LogP contribution in [0, 0.1) is 0 Å². The van der Waals surface area contributed by atoms with E-state index in [1.54, 1.807) is 29.2 Å². The average molecular weight is 398 g/mol. The number of likely N-dealkylation sites (tertiary alicyclic amines) is 1. The van der Waals surface area contributed by atoms with Gasteiger partial charge in [-0.2, -0.15) is 0 Å². The van der Waals surface area contributed by atoms with Crippen LogP contribution in [0.15, 0.2) is 36.1 Å². The van der Waals surface area contributed by atoms with Crippen molar-refractivity contribution in [2.75, 3.05) is 25.5 Å². The van der Waals surface area contributed by atoms with Crippen LogP contribution in [0.2, 0.25) is 0 Å². The topological polar surface area (TPSA) is 65.1 Å². The molecule has 0 aromatic heterocycles. The number of halogens is 1. The lowest BCUT2D eigenvalue weighted by atomic mass is 10.1. The summed E-state index contributed by atoms with van der Waals surface area (Å²) in [4.78, 5) is 25.3. The highest BCUT2D eigenvalue weighted by atomic mass is 79.9. The number of rotatable bonds is 5. The number of hydrogen-bond donors (Lipinski definition) is 0. The maximum absolute atomic E-state index is 12.2. The number of nitrogens with zero attached hydrogens (tertiary/aromatic N) is 1. The molecule has 130 valence electrons. The van der Waals surface area contributed by atoms with Gasteiger partial charge in [0.2, 0.25) is 0 Å². The number of amides is 1. The molecular weight excluding hydrogens is 378 g/mol. The zero-order valence-corrected chi connectivity index (χ0v) is 15.1. The minimum atomic E-state index is -0.521. The summed E-state index contributed by atoms with van der Waals surface area (Å²) in [6.07, 6.45) is 3.96. The van der Waals surface area contributed by atoms with Crippen molar-refractivity contribution in [1.29, 1.82) is 0 Å². The Morgan fingerprint density at radius 2 is 1.75 bits per heavy atom. The molecule has 1 aliphatic heterocycles. The van der Waals surface area contributed by atoms with Gasteiger partial charge in [0.15, 0.2) is 11.5 Å². The molecule has 1 amide bonds. The van der Waals surface area contributed by atoms with Crippen LogP contribution in [0.5, 0.6) is 11.5 Å². The molecule has 1 fully saturated rings. The summed E-state index contributed by atoms with van der Waals surface area (Å²) >= 11 is 3.25. The van der Waals surface area contributed by atoms with Gasteiger partial charge in [-0.05, 0) is 31.4 Å². The van der Waals surface area contributed by atoms with Gasteiger partial charge in [-0.3, -0.25) is 0 Å². The highest BCUT2D eigenvalue weighted by molar-refractivity contribution is 9.09. The van der Waals surface area contributed by atoms with Gasteiger partial charge in [0.05, 0.1) is 18.5 Å². The number of hydrogen-bond acceptors (Lipinski definition) is 5. The quantitative estimate of drug-likeness (QED) is 0.329. The normalized spacial score (nSPS) is 14.9. The van der Waals surface area contributed by atoms with Gasteiger partial charge in [0.1, 0.15) is 5.76 Å². The maximum atomic E-state index is 12.2. The molecule has 0 atom stereocenters. The fourth-order valence-corrected chi connectivity index (χ4v) is 2.56. The van der Waals surface area contributed by atoms with Crippen LogP contribution in [0.1, 0.15) is 19.3 Å². The van der Waals surface area contributed by atoms with Gasteiger partial charge in [0.25, 0.3) is 0 Å². The van der Waals surface area contributed by atoms with Crippen LogP contribution in [-0.2, 0) is 9.53 Å². The molecule has 0 saturated carbocycles. The first-order valence-electron chi connectivity index (χ1n) is 7.72. The summed E-state index contributed by atoms with van der Waals surface area (Å²) in [6, 6.07) is 6.84. The second-order valence-electron chi connectivity index (χ2n) is 5.23. The molecule has 0 N–H and O–H groups in total. The number of ether oxygens (including phenoxy) is 3. The van der Waals surface area contributed by atoms with E-state index in [2.05, 4.69) is 20.7 Å². The van der Waals surface area contributed by atoms with Crippen molar-refractivity contribution in [2.45, 2.75) is 19.3 Å². The molecule has 1 aromatic rings. The average Bonchev–Trinajstić information content (AvgIpc) is 2.63. The molecule has 1 heterocycles. The van der Waals surface area contributed by atoms with Crippen molar-refractivity contribution in [1.82, 2.24) is 4.90 Å². The van der Waals surface area contributed by atoms with E-state index >= 15 is 0 Å².